The molecule has 0 bridgehead atoms. The van der Waals surface area contributed by atoms with Crippen molar-refractivity contribution in [1.29, 1.82) is 0 Å². The van der Waals surface area contributed by atoms with Crippen LogP contribution in [0.1, 0.15) is 20.7 Å². The highest BCUT2D eigenvalue weighted by atomic mass is 35.5. The Balaban J connectivity index is 2.09. The zero-order chi connectivity index (χ0) is 19.8. The molecule has 1 aliphatic carbocycles. The van der Waals surface area contributed by atoms with E-state index in [0.29, 0.717) is 0 Å². The Hall–Kier alpha value is -2.60. The van der Waals surface area contributed by atoms with Crippen LogP contribution in [0.25, 0.3) is 0 Å². The lowest BCUT2D eigenvalue weighted by Gasteiger charge is -2.33. The van der Waals surface area contributed by atoms with Crippen molar-refractivity contribution >= 4 is 46.3 Å². The molecule has 3 rings (SSSR count). The van der Waals surface area contributed by atoms with Crippen molar-refractivity contribution < 1.29 is 19.2 Å². The van der Waals surface area contributed by atoms with Crippen LogP contribution in [0.4, 0.5) is 0 Å². The predicted molar refractivity (Wildman–Crippen MR) is 101 cm³/mol. The quantitative estimate of drug-likeness (QED) is 0.279. The highest BCUT2D eigenvalue weighted by molar-refractivity contribution is 6.57. The summed E-state index contributed by atoms with van der Waals surface area (Å²) in [5.41, 5.74) is 5.58. The summed E-state index contributed by atoms with van der Waals surface area (Å²) in [6.45, 7) is 0. The Bertz CT molecular complexity index is 982. The SMILES string of the molecule is NC1(Cl)C(=O)C(C(=O)c2ccccc2)=C(Cl)C(=O)C1C(=O)c1ccccc1. The fourth-order valence-electron chi connectivity index (χ4n) is 2.88. The Labute approximate surface area is 164 Å². The molecule has 2 atom stereocenters. The first-order valence-electron chi connectivity index (χ1n) is 7.92. The number of halogens is 2. The van der Waals surface area contributed by atoms with Crippen LogP contribution < -0.4 is 5.73 Å². The van der Waals surface area contributed by atoms with Gasteiger partial charge >= 0.3 is 0 Å². The summed E-state index contributed by atoms with van der Waals surface area (Å²) in [6, 6.07) is 15.6. The van der Waals surface area contributed by atoms with E-state index in [9.17, 15) is 19.2 Å². The second-order valence-electron chi connectivity index (χ2n) is 6.01. The minimum Gasteiger partial charge on any atom is -0.305 e. The van der Waals surface area contributed by atoms with Crippen molar-refractivity contribution in [3.8, 4) is 0 Å². The molecule has 0 aliphatic heterocycles. The number of Topliss-reactive ketones (excluding diaryl/α,β-unsaturated/α-hetero) is 4. The van der Waals surface area contributed by atoms with Gasteiger partial charge in [0, 0.05) is 11.1 Å². The van der Waals surface area contributed by atoms with Gasteiger partial charge in [0.05, 0.1) is 10.6 Å². The van der Waals surface area contributed by atoms with Gasteiger partial charge in [0.2, 0.25) is 5.78 Å². The van der Waals surface area contributed by atoms with E-state index in [1.807, 2.05) is 0 Å². The van der Waals surface area contributed by atoms with E-state index in [2.05, 4.69) is 0 Å². The van der Waals surface area contributed by atoms with E-state index >= 15 is 0 Å². The van der Waals surface area contributed by atoms with Gasteiger partial charge in [-0.15, -0.1) is 0 Å². The molecule has 5 nitrogen and oxygen atoms in total. The van der Waals surface area contributed by atoms with Gasteiger partial charge in [-0.05, 0) is 0 Å². The van der Waals surface area contributed by atoms with Crippen LogP contribution in [0.2, 0.25) is 0 Å². The van der Waals surface area contributed by atoms with Crippen LogP contribution >= 0.6 is 23.2 Å². The van der Waals surface area contributed by atoms with Crippen molar-refractivity contribution in [2.24, 2.45) is 11.7 Å². The van der Waals surface area contributed by atoms with Gasteiger partial charge in [0.1, 0.15) is 5.92 Å². The molecule has 0 saturated heterocycles. The summed E-state index contributed by atoms with van der Waals surface area (Å²) in [5.74, 6) is -5.26. The van der Waals surface area contributed by atoms with E-state index in [-0.39, 0.29) is 11.1 Å². The van der Waals surface area contributed by atoms with E-state index in [0.717, 1.165) is 0 Å². The van der Waals surface area contributed by atoms with Gasteiger partial charge in [0.15, 0.2) is 22.3 Å². The van der Waals surface area contributed by atoms with Gasteiger partial charge in [-0.25, -0.2) is 0 Å². The standard InChI is InChI=1S/C20H13Cl2NO4/c21-15-13(16(24)11-7-3-1-4-8-11)19(27)20(22,23)14(18(15)26)17(25)12-9-5-2-6-10-12/h1-10,14H,23H2. The summed E-state index contributed by atoms with van der Waals surface area (Å²) in [7, 11) is 0. The fourth-order valence-corrected chi connectivity index (χ4v) is 3.45. The summed E-state index contributed by atoms with van der Waals surface area (Å²) in [4.78, 5) is 48.6. The number of hydrogen-bond acceptors (Lipinski definition) is 5. The number of carbonyl (C=O) groups is 4. The lowest BCUT2D eigenvalue weighted by atomic mass is 9.76. The Morgan fingerprint density at radius 3 is 1.89 bits per heavy atom. The molecule has 2 N–H and O–H groups in total. The number of benzene rings is 2. The molecular weight excluding hydrogens is 389 g/mol. The molecule has 7 heteroatoms. The molecule has 2 aromatic carbocycles. The average Bonchev–Trinajstić information content (AvgIpc) is 2.68. The number of ketones is 4. The minimum atomic E-state index is -2.41. The lowest BCUT2D eigenvalue weighted by molar-refractivity contribution is -0.126. The largest absolute Gasteiger partial charge is 0.305 e. The monoisotopic (exact) mass is 401 g/mol. The highest BCUT2D eigenvalue weighted by Gasteiger charge is 2.56. The zero-order valence-electron chi connectivity index (χ0n) is 13.8. The van der Waals surface area contributed by atoms with Crippen molar-refractivity contribution in [2.45, 2.75) is 5.00 Å². The van der Waals surface area contributed by atoms with Crippen molar-refractivity contribution in [3.63, 3.8) is 0 Å². The lowest BCUT2D eigenvalue weighted by Crippen LogP contribution is -2.59. The molecule has 2 aromatic rings. The third kappa shape index (κ3) is 3.25. The Morgan fingerprint density at radius 1 is 0.889 bits per heavy atom. The van der Waals surface area contributed by atoms with Gasteiger partial charge < -0.3 is 5.73 Å². The average molecular weight is 402 g/mol. The molecule has 0 amide bonds. The molecule has 136 valence electrons. The Kier molecular flexibility index (Phi) is 5.11. The topological polar surface area (TPSA) is 94.3 Å². The molecular formula is C20H13Cl2NO4. The Morgan fingerprint density at radius 2 is 1.37 bits per heavy atom. The van der Waals surface area contributed by atoms with Gasteiger partial charge in [-0.2, -0.15) is 0 Å². The molecule has 1 aliphatic rings. The molecule has 0 radical (unpaired) electrons. The second kappa shape index (κ2) is 7.19. The third-order valence-electron chi connectivity index (χ3n) is 4.28. The summed E-state index contributed by atoms with van der Waals surface area (Å²) in [5, 5.41) is -0.634. The van der Waals surface area contributed by atoms with Crippen LogP contribution in [0.15, 0.2) is 71.3 Å². The van der Waals surface area contributed by atoms with Crippen molar-refractivity contribution in [3.05, 3.63) is 82.4 Å². The summed E-state index contributed by atoms with van der Waals surface area (Å²) < 4.78 is 0. The normalized spacial score (nSPS) is 22.7. The molecule has 27 heavy (non-hydrogen) atoms. The number of carbonyl (C=O) groups excluding carboxylic acids is 4. The van der Waals surface area contributed by atoms with Crippen LogP contribution in [0.3, 0.4) is 0 Å². The number of nitrogens with two attached hydrogens (primary N) is 1. The molecule has 2 unspecified atom stereocenters. The van der Waals surface area contributed by atoms with E-state index in [1.165, 1.54) is 24.3 Å². The zero-order valence-corrected chi connectivity index (χ0v) is 15.3. The van der Waals surface area contributed by atoms with E-state index in [1.54, 1.807) is 36.4 Å². The molecule has 0 aromatic heterocycles. The molecule has 0 spiro atoms. The first-order chi connectivity index (χ1) is 12.8. The highest BCUT2D eigenvalue weighted by Crippen LogP contribution is 2.38. The van der Waals surface area contributed by atoms with Gasteiger partial charge in [-0.1, -0.05) is 83.9 Å². The van der Waals surface area contributed by atoms with Crippen molar-refractivity contribution in [1.82, 2.24) is 0 Å². The van der Waals surface area contributed by atoms with E-state index in [4.69, 9.17) is 28.9 Å². The minimum absolute atomic E-state index is 0.145. The number of rotatable bonds is 4. The third-order valence-corrected chi connectivity index (χ3v) is 5.04. The van der Waals surface area contributed by atoms with E-state index < -0.39 is 44.7 Å². The first-order valence-corrected chi connectivity index (χ1v) is 8.68. The fraction of sp³-hybridized carbons (Fsp3) is 0.100. The first kappa shape index (κ1) is 19.2. The smallest absolute Gasteiger partial charge is 0.204 e. The van der Waals surface area contributed by atoms with Crippen LogP contribution in [-0.4, -0.2) is 28.1 Å². The maximum absolute atomic E-state index is 12.8. The van der Waals surface area contributed by atoms with Gasteiger partial charge in [-0.3, -0.25) is 19.2 Å². The van der Waals surface area contributed by atoms with Crippen molar-refractivity contribution in [2.75, 3.05) is 0 Å². The van der Waals surface area contributed by atoms with Crippen LogP contribution in [0.5, 0.6) is 0 Å². The second-order valence-corrected chi connectivity index (χ2v) is 7.01. The summed E-state index contributed by atoms with van der Waals surface area (Å²) in [6.07, 6.45) is 0. The molecule has 0 heterocycles. The number of alkyl halides is 1. The number of hydrogen-bond donors (Lipinski definition) is 1. The molecule has 0 fully saturated rings. The maximum Gasteiger partial charge on any atom is 0.204 e. The predicted octanol–water partition coefficient (Wildman–Crippen LogP) is 2.91. The van der Waals surface area contributed by atoms with Crippen LogP contribution in [0, 0.1) is 5.92 Å². The summed E-state index contributed by atoms with van der Waals surface area (Å²) >= 11 is 12.2. The van der Waals surface area contributed by atoms with Crippen LogP contribution in [-0.2, 0) is 9.59 Å². The molecule has 0 saturated carbocycles. The number of allylic oxidation sites excluding steroid dienone is 1. The maximum atomic E-state index is 12.8. The van der Waals surface area contributed by atoms with Gasteiger partial charge in [0.25, 0.3) is 0 Å².